The third-order valence-corrected chi connectivity index (χ3v) is 3.95. The molecule has 17 heavy (non-hydrogen) atoms. The number of aryl methyl sites for hydroxylation is 1. The van der Waals surface area contributed by atoms with Crippen molar-refractivity contribution >= 4 is 33.1 Å². The molecule has 2 rings (SSSR count). The second kappa shape index (κ2) is 5.55. The topological polar surface area (TPSA) is 37.8 Å². The number of halogens is 2. The Hall–Kier alpha value is -1.01. The van der Waals surface area contributed by atoms with Crippen LogP contribution in [0.15, 0.2) is 22.2 Å². The van der Waals surface area contributed by atoms with E-state index in [0.29, 0.717) is 18.7 Å². The van der Waals surface area contributed by atoms with Gasteiger partial charge in [-0.3, -0.25) is 0 Å². The van der Waals surface area contributed by atoms with Gasteiger partial charge in [0.15, 0.2) is 11.6 Å². The molecule has 0 radical (unpaired) electrons. The summed E-state index contributed by atoms with van der Waals surface area (Å²) in [7, 11) is 0. The summed E-state index contributed by atoms with van der Waals surface area (Å²) in [5, 5.41) is 4.97. The Labute approximate surface area is 111 Å². The summed E-state index contributed by atoms with van der Waals surface area (Å²) in [5.74, 6) is -0.0907. The van der Waals surface area contributed by atoms with Gasteiger partial charge in [0.05, 0.1) is 12.2 Å². The van der Waals surface area contributed by atoms with E-state index in [-0.39, 0.29) is 11.6 Å². The van der Waals surface area contributed by atoms with Gasteiger partial charge in [-0.1, -0.05) is 6.92 Å². The van der Waals surface area contributed by atoms with Crippen molar-refractivity contribution in [1.82, 2.24) is 9.97 Å². The predicted molar refractivity (Wildman–Crippen MR) is 70.7 cm³/mol. The van der Waals surface area contributed by atoms with Crippen molar-refractivity contribution < 1.29 is 4.39 Å². The lowest BCUT2D eigenvalue weighted by molar-refractivity contribution is 0.597. The van der Waals surface area contributed by atoms with Crippen molar-refractivity contribution in [1.29, 1.82) is 0 Å². The highest BCUT2D eigenvalue weighted by Gasteiger charge is 2.09. The maximum atomic E-state index is 13.8. The molecular weight excluding hydrogens is 305 g/mol. The fraction of sp³-hybridized carbons (Fsp3) is 0.273. The first kappa shape index (κ1) is 12.4. The van der Waals surface area contributed by atoms with Crippen LogP contribution in [0.2, 0.25) is 0 Å². The molecule has 1 N–H and O–H groups in total. The summed E-state index contributed by atoms with van der Waals surface area (Å²) in [6.45, 7) is 2.43. The molecule has 3 nitrogen and oxygen atoms in total. The number of anilines is 1. The Morgan fingerprint density at radius 3 is 2.94 bits per heavy atom. The van der Waals surface area contributed by atoms with Gasteiger partial charge in [-0.25, -0.2) is 14.4 Å². The van der Waals surface area contributed by atoms with Crippen molar-refractivity contribution in [2.75, 3.05) is 5.32 Å². The van der Waals surface area contributed by atoms with Gasteiger partial charge in [-0.05, 0) is 28.4 Å². The zero-order chi connectivity index (χ0) is 12.3. The Balaban J connectivity index is 2.09. The molecule has 0 unspecified atom stereocenters. The van der Waals surface area contributed by atoms with Crippen LogP contribution in [0.3, 0.4) is 0 Å². The normalized spacial score (nSPS) is 10.5. The van der Waals surface area contributed by atoms with Crippen LogP contribution in [-0.4, -0.2) is 9.97 Å². The minimum Gasteiger partial charge on any atom is -0.363 e. The van der Waals surface area contributed by atoms with E-state index in [0.717, 1.165) is 9.35 Å². The molecule has 0 saturated carbocycles. The van der Waals surface area contributed by atoms with Gasteiger partial charge in [-0.15, -0.1) is 11.3 Å². The SMILES string of the molecule is CCc1ncnc(NCc2cc(Br)cs2)c1F. The van der Waals surface area contributed by atoms with E-state index >= 15 is 0 Å². The van der Waals surface area contributed by atoms with Crippen LogP contribution >= 0.6 is 27.3 Å². The number of thiophene rings is 1. The van der Waals surface area contributed by atoms with Crippen molar-refractivity contribution in [2.45, 2.75) is 19.9 Å². The lowest BCUT2D eigenvalue weighted by Crippen LogP contribution is -2.05. The van der Waals surface area contributed by atoms with Gasteiger partial charge < -0.3 is 5.32 Å². The Morgan fingerprint density at radius 1 is 1.47 bits per heavy atom. The minimum atomic E-state index is -0.356. The fourth-order valence-corrected chi connectivity index (χ4v) is 2.78. The summed E-state index contributed by atoms with van der Waals surface area (Å²) in [5.41, 5.74) is 0.440. The summed E-state index contributed by atoms with van der Waals surface area (Å²) in [4.78, 5) is 8.91. The van der Waals surface area contributed by atoms with Crippen LogP contribution < -0.4 is 5.32 Å². The molecule has 6 heteroatoms. The zero-order valence-corrected chi connectivity index (χ0v) is 11.6. The summed E-state index contributed by atoms with van der Waals surface area (Å²) < 4.78 is 14.8. The third-order valence-electron chi connectivity index (χ3n) is 2.25. The molecule has 0 bridgehead atoms. The van der Waals surface area contributed by atoms with Gasteiger partial charge in [0.1, 0.15) is 6.33 Å². The van der Waals surface area contributed by atoms with Gasteiger partial charge in [0.25, 0.3) is 0 Å². The van der Waals surface area contributed by atoms with Crippen LogP contribution in [0.4, 0.5) is 10.2 Å². The van der Waals surface area contributed by atoms with E-state index in [1.54, 1.807) is 11.3 Å². The van der Waals surface area contributed by atoms with E-state index < -0.39 is 0 Å². The molecule has 2 aromatic rings. The summed E-state index contributed by atoms with van der Waals surface area (Å²) >= 11 is 4.99. The zero-order valence-electron chi connectivity index (χ0n) is 9.20. The highest BCUT2D eigenvalue weighted by molar-refractivity contribution is 9.10. The average Bonchev–Trinajstić information content (AvgIpc) is 2.74. The lowest BCUT2D eigenvalue weighted by atomic mass is 10.3. The number of aromatic nitrogens is 2. The second-order valence-electron chi connectivity index (χ2n) is 3.42. The monoisotopic (exact) mass is 315 g/mol. The molecule has 0 aliphatic heterocycles. The molecule has 0 fully saturated rings. The number of nitrogens with zero attached hydrogens (tertiary/aromatic N) is 2. The number of hydrogen-bond acceptors (Lipinski definition) is 4. The quantitative estimate of drug-likeness (QED) is 0.936. The number of hydrogen-bond donors (Lipinski definition) is 1. The molecular formula is C11H11BrFN3S. The van der Waals surface area contributed by atoms with Crippen LogP contribution in [0.5, 0.6) is 0 Å². The Kier molecular flexibility index (Phi) is 4.06. The Morgan fingerprint density at radius 2 is 2.29 bits per heavy atom. The van der Waals surface area contributed by atoms with Gasteiger partial charge in [0.2, 0.25) is 0 Å². The standard InChI is InChI=1S/C11H11BrFN3S/c1-2-9-10(13)11(16-6-15-9)14-4-8-3-7(12)5-17-8/h3,5-6H,2,4H2,1H3,(H,14,15,16). The van der Waals surface area contributed by atoms with Crippen LogP contribution in [-0.2, 0) is 13.0 Å². The molecule has 0 spiro atoms. The maximum absolute atomic E-state index is 13.8. The molecule has 0 aromatic carbocycles. The van der Waals surface area contributed by atoms with E-state index in [9.17, 15) is 4.39 Å². The first-order valence-corrected chi connectivity index (χ1v) is 6.84. The van der Waals surface area contributed by atoms with Gasteiger partial charge >= 0.3 is 0 Å². The van der Waals surface area contributed by atoms with E-state index in [4.69, 9.17) is 0 Å². The second-order valence-corrected chi connectivity index (χ2v) is 5.33. The molecule has 0 amide bonds. The van der Waals surface area contributed by atoms with Crippen LogP contribution in [0, 0.1) is 5.82 Å². The van der Waals surface area contributed by atoms with Crippen molar-refractivity contribution in [3.05, 3.63) is 38.6 Å². The van der Waals surface area contributed by atoms with E-state index in [2.05, 4.69) is 31.2 Å². The van der Waals surface area contributed by atoms with E-state index in [1.807, 2.05) is 18.4 Å². The minimum absolute atomic E-state index is 0.265. The first-order valence-electron chi connectivity index (χ1n) is 5.17. The average molecular weight is 316 g/mol. The van der Waals surface area contributed by atoms with Crippen molar-refractivity contribution in [3.8, 4) is 0 Å². The fourth-order valence-electron chi connectivity index (χ4n) is 1.39. The van der Waals surface area contributed by atoms with Crippen LogP contribution in [0.25, 0.3) is 0 Å². The lowest BCUT2D eigenvalue weighted by Gasteiger charge is -2.06. The van der Waals surface area contributed by atoms with Gasteiger partial charge in [-0.2, -0.15) is 0 Å². The number of rotatable bonds is 4. The highest BCUT2D eigenvalue weighted by Crippen LogP contribution is 2.21. The molecule has 2 aromatic heterocycles. The highest BCUT2D eigenvalue weighted by atomic mass is 79.9. The molecule has 0 aliphatic rings. The molecule has 0 aliphatic carbocycles. The summed E-state index contributed by atoms with van der Waals surface area (Å²) in [6.07, 6.45) is 1.95. The molecule has 0 saturated heterocycles. The predicted octanol–water partition coefficient (Wildman–Crippen LogP) is 3.61. The van der Waals surface area contributed by atoms with Crippen LogP contribution in [0.1, 0.15) is 17.5 Å². The van der Waals surface area contributed by atoms with Crippen molar-refractivity contribution in [2.24, 2.45) is 0 Å². The molecule has 2 heterocycles. The maximum Gasteiger partial charge on any atom is 0.186 e. The smallest absolute Gasteiger partial charge is 0.186 e. The Bertz CT molecular complexity index is 515. The number of nitrogens with one attached hydrogen (secondary N) is 1. The molecule has 90 valence electrons. The summed E-state index contributed by atoms with van der Waals surface area (Å²) in [6, 6.07) is 2.00. The van der Waals surface area contributed by atoms with Gasteiger partial charge in [0, 0.05) is 14.7 Å². The molecule has 0 atom stereocenters. The first-order chi connectivity index (χ1) is 8.20. The van der Waals surface area contributed by atoms with E-state index in [1.165, 1.54) is 6.33 Å². The third kappa shape index (κ3) is 3.01. The largest absolute Gasteiger partial charge is 0.363 e. The van der Waals surface area contributed by atoms with Crippen molar-refractivity contribution in [3.63, 3.8) is 0 Å².